The highest BCUT2D eigenvalue weighted by molar-refractivity contribution is 4.84. The smallest absolute Gasteiger partial charge is 0.0610 e. The summed E-state index contributed by atoms with van der Waals surface area (Å²) >= 11 is 0. The summed E-state index contributed by atoms with van der Waals surface area (Å²) in [5, 5.41) is 9.61. The van der Waals surface area contributed by atoms with Gasteiger partial charge in [-0.25, -0.2) is 0 Å². The van der Waals surface area contributed by atoms with Crippen molar-refractivity contribution in [3.05, 3.63) is 0 Å². The number of methoxy groups -OCH3 is 1. The van der Waals surface area contributed by atoms with Crippen LogP contribution in [0.1, 0.15) is 52.9 Å². The fourth-order valence-electron chi connectivity index (χ4n) is 3.19. The van der Waals surface area contributed by atoms with Crippen molar-refractivity contribution in [1.82, 2.24) is 4.90 Å². The van der Waals surface area contributed by atoms with Crippen LogP contribution in [0.15, 0.2) is 0 Å². The Morgan fingerprint density at radius 1 is 1.26 bits per heavy atom. The number of aliphatic hydroxyl groups excluding tert-OH is 1. The summed E-state index contributed by atoms with van der Waals surface area (Å²) < 4.78 is 5.22. The van der Waals surface area contributed by atoms with E-state index in [1.807, 2.05) is 0 Å². The Morgan fingerprint density at radius 2 is 1.95 bits per heavy atom. The lowest BCUT2D eigenvalue weighted by atomic mass is 9.79. The third-order valence-corrected chi connectivity index (χ3v) is 4.76. The predicted molar refractivity (Wildman–Crippen MR) is 80.4 cm³/mol. The molecule has 19 heavy (non-hydrogen) atoms. The van der Waals surface area contributed by atoms with Crippen LogP contribution in [0.2, 0.25) is 0 Å². The molecule has 0 spiro atoms. The quantitative estimate of drug-likeness (QED) is 0.737. The molecule has 1 saturated carbocycles. The van der Waals surface area contributed by atoms with E-state index in [1.165, 1.54) is 32.1 Å². The van der Waals surface area contributed by atoms with E-state index in [0.29, 0.717) is 0 Å². The molecule has 1 fully saturated rings. The van der Waals surface area contributed by atoms with Crippen LogP contribution >= 0.6 is 0 Å². The number of nitrogens with zero attached hydrogens (tertiary/aromatic N) is 1. The average molecular weight is 271 g/mol. The van der Waals surface area contributed by atoms with Crippen molar-refractivity contribution in [2.45, 2.75) is 58.4 Å². The van der Waals surface area contributed by atoms with Crippen molar-refractivity contribution < 1.29 is 9.84 Å². The third kappa shape index (κ3) is 5.41. The van der Waals surface area contributed by atoms with Crippen LogP contribution in [0, 0.1) is 11.8 Å². The van der Waals surface area contributed by atoms with Crippen LogP contribution < -0.4 is 0 Å². The Kier molecular flexibility index (Phi) is 7.33. The van der Waals surface area contributed by atoms with Gasteiger partial charge < -0.3 is 9.84 Å². The van der Waals surface area contributed by atoms with Gasteiger partial charge >= 0.3 is 0 Å². The molecule has 0 heterocycles. The van der Waals surface area contributed by atoms with E-state index in [1.54, 1.807) is 7.11 Å². The lowest BCUT2D eigenvalue weighted by Gasteiger charge is -2.41. The first kappa shape index (κ1) is 16.9. The van der Waals surface area contributed by atoms with Gasteiger partial charge in [0.15, 0.2) is 0 Å². The zero-order valence-corrected chi connectivity index (χ0v) is 13.3. The second kappa shape index (κ2) is 8.23. The van der Waals surface area contributed by atoms with Gasteiger partial charge in [0, 0.05) is 25.7 Å². The van der Waals surface area contributed by atoms with Crippen molar-refractivity contribution in [2.75, 3.05) is 33.4 Å². The molecule has 0 aliphatic heterocycles. The van der Waals surface area contributed by atoms with Crippen LogP contribution in [0.25, 0.3) is 0 Å². The van der Waals surface area contributed by atoms with E-state index in [-0.39, 0.29) is 12.1 Å². The standard InChI is InChI=1S/C16H33NO2/c1-5-14-7-6-8-15(11-14)12-17(9-10-19-4)16(2,3)13-18/h14-15,18H,5-13H2,1-4H3/t14-,15-/m1/s1. The average Bonchev–Trinajstić information content (AvgIpc) is 2.43. The molecule has 0 aromatic heterocycles. The first-order valence-electron chi connectivity index (χ1n) is 7.88. The Bertz CT molecular complexity index is 243. The van der Waals surface area contributed by atoms with Gasteiger partial charge in [-0.3, -0.25) is 4.90 Å². The second-order valence-electron chi connectivity index (χ2n) is 6.72. The minimum absolute atomic E-state index is 0.141. The van der Waals surface area contributed by atoms with Crippen LogP contribution in [0.5, 0.6) is 0 Å². The van der Waals surface area contributed by atoms with Crippen LogP contribution in [-0.2, 0) is 4.74 Å². The molecule has 3 nitrogen and oxygen atoms in total. The highest BCUT2D eigenvalue weighted by atomic mass is 16.5. The van der Waals surface area contributed by atoms with Crippen molar-refractivity contribution in [2.24, 2.45) is 11.8 Å². The van der Waals surface area contributed by atoms with Crippen molar-refractivity contribution >= 4 is 0 Å². The number of hydrogen-bond donors (Lipinski definition) is 1. The fraction of sp³-hybridized carbons (Fsp3) is 1.00. The van der Waals surface area contributed by atoms with Crippen LogP contribution in [-0.4, -0.2) is 49.0 Å². The van der Waals surface area contributed by atoms with Gasteiger partial charge in [0.2, 0.25) is 0 Å². The Hall–Kier alpha value is -0.120. The zero-order valence-electron chi connectivity index (χ0n) is 13.3. The summed E-state index contributed by atoms with van der Waals surface area (Å²) in [5.74, 6) is 1.71. The molecule has 0 saturated heterocycles. The molecule has 0 amide bonds. The molecule has 0 aromatic rings. The second-order valence-corrected chi connectivity index (χ2v) is 6.72. The number of rotatable bonds is 8. The maximum absolute atomic E-state index is 9.61. The Balaban J connectivity index is 2.55. The molecule has 3 heteroatoms. The van der Waals surface area contributed by atoms with Gasteiger partial charge in [-0.2, -0.15) is 0 Å². The molecule has 114 valence electrons. The Labute approximate surface area is 119 Å². The van der Waals surface area contributed by atoms with Crippen LogP contribution in [0.4, 0.5) is 0 Å². The first-order valence-corrected chi connectivity index (χ1v) is 7.88. The molecule has 0 aromatic carbocycles. The van der Waals surface area contributed by atoms with E-state index in [9.17, 15) is 5.11 Å². The van der Waals surface area contributed by atoms with Gasteiger partial charge in [-0.05, 0) is 38.5 Å². The van der Waals surface area contributed by atoms with Gasteiger partial charge in [0.1, 0.15) is 0 Å². The molecule has 2 atom stereocenters. The van der Waals surface area contributed by atoms with Gasteiger partial charge in [0.05, 0.1) is 13.2 Å². The normalized spacial score (nSPS) is 24.9. The van der Waals surface area contributed by atoms with Crippen molar-refractivity contribution in [3.63, 3.8) is 0 Å². The molecule has 1 N–H and O–H groups in total. The highest BCUT2D eigenvalue weighted by Gasteiger charge is 2.30. The summed E-state index contributed by atoms with van der Waals surface area (Å²) in [6.45, 7) is 9.54. The minimum Gasteiger partial charge on any atom is -0.394 e. The molecule has 1 aliphatic carbocycles. The lowest BCUT2D eigenvalue weighted by molar-refractivity contribution is 0.0175. The minimum atomic E-state index is -0.141. The van der Waals surface area contributed by atoms with Gasteiger partial charge in [0.25, 0.3) is 0 Å². The molecular weight excluding hydrogens is 238 g/mol. The third-order valence-electron chi connectivity index (χ3n) is 4.76. The van der Waals surface area contributed by atoms with E-state index in [0.717, 1.165) is 31.5 Å². The fourth-order valence-corrected chi connectivity index (χ4v) is 3.19. The molecule has 0 unspecified atom stereocenters. The van der Waals surface area contributed by atoms with E-state index in [2.05, 4.69) is 25.7 Å². The van der Waals surface area contributed by atoms with Crippen LogP contribution in [0.3, 0.4) is 0 Å². The van der Waals surface area contributed by atoms with E-state index < -0.39 is 0 Å². The topological polar surface area (TPSA) is 32.7 Å². The molecule has 0 radical (unpaired) electrons. The summed E-state index contributed by atoms with van der Waals surface area (Å²) in [6.07, 6.45) is 6.82. The summed E-state index contributed by atoms with van der Waals surface area (Å²) in [5.41, 5.74) is -0.141. The summed E-state index contributed by atoms with van der Waals surface area (Å²) in [7, 11) is 1.75. The zero-order chi connectivity index (χ0) is 14.3. The first-order chi connectivity index (χ1) is 9.03. The van der Waals surface area contributed by atoms with Crippen molar-refractivity contribution in [3.8, 4) is 0 Å². The summed E-state index contributed by atoms with van der Waals surface area (Å²) in [6, 6.07) is 0. The number of hydrogen-bond acceptors (Lipinski definition) is 3. The largest absolute Gasteiger partial charge is 0.394 e. The number of aliphatic hydroxyl groups is 1. The van der Waals surface area contributed by atoms with E-state index >= 15 is 0 Å². The molecular formula is C16H33NO2. The molecule has 1 aliphatic rings. The maximum atomic E-state index is 9.61. The van der Waals surface area contributed by atoms with Crippen molar-refractivity contribution in [1.29, 1.82) is 0 Å². The maximum Gasteiger partial charge on any atom is 0.0610 e. The Morgan fingerprint density at radius 3 is 2.53 bits per heavy atom. The van der Waals surface area contributed by atoms with E-state index in [4.69, 9.17) is 4.74 Å². The predicted octanol–water partition coefficient (Wildman–Crippen LogP) is 2.92. The highest BCUT2D eigenvalue weighted by Crippen LogP contribution is 2.32. The molecule has 0 bridgehead atoms. The van der Waals surface area contributed by atoms with Gasteiger partial charge in [-0.1, -0.05) is 26.2 Å². The lowest BCUT2D eigenvalue weighted by Crippen LogP contribution is -2.50. The monoisotopic (exact) mass is 271 g/mol. The van der Waals surface area contributed by atoms with Gasteiger partial charge in [-0.15, -0.1) is 0 Å². The molecule has 1 rings (SSSR count). The summed E-state index contributed by atoms with van der Waals surface area (Å²) in [4.78, 5) is 2.42. The number of ether oxygens (including phenoxy) is 1. The SMILES string of the molecule is CC[C@@H]1CCC[C@@H](CN(CCOC)C(C)(C)CO)C1.